The summed E-state index contributed by atoms with van der Waals surface area (Å²) in [5.74, 6) is -0.245. The van der Waals surface area contributed by atoms with Crippen molar-refractivity contribution in [3.63, 3.8) is 0 Å². The zero-order valence-corrected chi connectivity index (χ0v) is 9.12. The van der Waals surface area contributed by atoms with Crippen molar-refractivity contribution in [1.82, 2.24) is 0 Å². The number of benzene rings is 1. The maximum atomic E-state index is 13.1. The number of hydrogen-bond donors (Lipinski definition) is 0. The molecule has 0 atom stereocenters. The molecule has 0 spiro atoms. The van der Waals surface area contributed by atoms with Crippen LogP contribution in [-0.4, -0.2) is 12.5 Å². The highest BCUT2D eigenvalue weighted by molar-refractivity contribution is 7.99. The Bertz CT molecular complexity index is 289. The normalized spacial score (nSPS) is 10.3. The summed E-state index contributed by atoms with van der Waals surface area (Å²) in [7, 11) is 0. The lowest BCUT2D eigenvalue weighted by atomic mass is 10.3. The summed E-state index contributed by atoms with van der Waals surface area (Å²) >= 11 is 8.79. The second kappa shape index (κ2) is 4.40. The molecule has 0 fully saturated rings. The molecule has 0 amide bonds. The Hall–Kier alpha value is 0.140. The molecule has 0 unspecified atom stereocenters. The van der Waals surface area contributed by atoms with E-state index in [-0.39, 0.29) is 5.82 Å². The van der Waals surface area contributed by atoms with Crippen LogP contribution in [0.25, 0.3) is 0 Å². The molecule has 1 aromatic carbocycles. The summed E-state index contributed by atoms with van der Waals surface area (Å²) < 4.78 is 13.1. The van der Waals surface area contributed by atoms with Gasteiger partial charge in [-0.2, -0.15) is 0 Å². The fourth-order valence-corrected chi connectivity index (χ4v) is 2.58. The quantitative estimate of drug-likeness (QED) is 0.696. The lowest BCUT2D eigenvalue weighted by Gasteiger charge is -2.05. The Kier molecular flexibility index (Phi) is 3.75. The zero-order valence-electron chi connectivity index (χ0n) is 6.73. The van der Waals surface area contributed by atoms with E-state index >= 15 is 0 Å². The molecule has 0 bridgehead atoms. The van der Waals surface area contributed by atoms with Crippen molar-refractivity contribution in [3.05, 3.63) is 23.0 Å². The van der Waals surface area contributed by atoms with Crippen LogP contribution in [0.1, 0.15) is 0 Å². The maximum Gasteiger partial charge on any atom is 0.138 e. The SMILES string of the molecule is CSc1ccc(F)c(SC)c1Cl. The molecule has 1 rings (SSSR count). The average molecular weight is 223 g/mol. The molecule has 0 heterocycles. The van der Waals surface area contributed by atoms with Gasteiger partial charge in [-0.15, -0.1) is 23.5 Å². The van der Waals surface area contributed by atoms with E-state index in [1.54, 1.807) is 6.07 Å². The first kappa shape index (κ1) is 10.2. The molecule has 0 aliphatic rings. The molecule has 0 nitrogen and oxygen atoms in total. The molecule has 66 valence electrons. The van der Waals surface area contributed by atoms with Gasteiger partial charge in [0.15, 0.2) is 0 Å². The first-order chi connectivity index (χ1) is 5.70. The maximum absolute atomic E-state index is 13.1. The third kappa shape index (κ3) is 1.90. The van der Waals surface area contributed by atoms with Crippen LogP contribution in [0.15, 0.2) is 21.9 Å². The largest absolute Gasteiger partial charge is 0.206 e. The molecule has 0 saturated heterocycles. The standard InChI is InChI=1S/C8H8ClFS2/c1-11-6-4-3-5(10)8(12-2)7(6)9/h3-4H,1-2H3. The van der Waals surface area contributed by atoms with Crippen LogP contribution in [0.4, 0.5) is 4.39 Å². The fraction of sp³-hybridized carbons (Fsp3) is 0.250. The van der Waals surface area contributed by atoms with Crippen LogP contribution < -0.4 is 0 Å². The van der Waals surface area contributed by atoms with E-state index in [9.17, 15) is 4.39 Å². The van der Waals surface area contributed by atoms with E-state index < -0.39 is 0 Å². The van der Waals surface area contributed by atoms with Crippen LogP contribution in [0.5, 0.6) is 0 Å². The second-order valence-corrected chi connectivity index (χ2v) is 4.14. The van der Waals surface area contributed by atoms with Crippen LogP contribution in [0, 0.1) is 5.82 Å². The van der Waals surface area contributed by atoms with E-state index in [2.05, 4.69) is 0 Å². The predicted octanol–water partition coefficient (Wildman–Crippen LogP) is 3.92. The first-order valence-corrected chi connectivity index (χ1v) is 6.09. The van der Waals surface area contributed by atoms with Crippen molar-refractivity contribution < 1.29 is 4.39 Å². The van der Waals surface area contributed by atoms with E-state index in [1.165, 1.54) is 29.6 Å². The summed E-state index contributed by atoms with van der Waals surface area (Å²) in [5, 5.41) is 0.523. The van der Waals surface area contributed by atoms with Crippen LogP contribution in [0.3, 0.4) is 0 Å². The molecule has 0 radical (unpaired) electrons. The van der Waals surface area contributed by atoms with Gasteiger partial charge in [0, 0.05) is 4.90 Å². The van der Waals surface area contributed by atoms with Gasteiger partial charge in [-0.3, -0.25) is 0 Å². The zero-order chi connectivity index (χ0) is 9.14. The molecule has 4 heteroatoms. The van der Waals surface area contributed by atoms with E-state index in [0.29, 0.717) is 9.92 Å². The number of thioether (sulfide) groups is 2. The van der Waals surface area contributed by atoms with Crippen molar-refractivity contribution in [1.29, 1.82) is 0 Å². The average Bonchev–Trinajstić information content (AvgIpc) is 2.06. The van der Waals surface area contributed by atoms with Crippen molar-refractivity contribution in [2.75, 3.05) is 12.5 Å². The number of rotatable bonds is 2. The molecule has 0 aromatic heterocycles. The van der Waals surface area contributed by atoms with Gasteiger partial charge in [0.05, 0.1) is 9.92 Å². The molecule has 0 aliphatic heterocycles. The van der Waals surface area contributed by atoms with Gasteiger partial charge < -0.3 is 0 Å². The Morgan fingerprint density at radius 3 is 2.42 bits per heavy atom. The van der Waals surface area contributed by atoms with Gasteiger partial charge in [-0.25, -0.2) is 4.39 Å². The summed E-state index contributed by atoms with van der Waals surface area (Å²) in [5.41, 5.74) is 0. The molecule has 12 heavy (non-hydrogen) atoms. The Morgan fingerprint density at radius 1 is 1.25 bits per heavy atom. The van der Waals surface area contributed by atoms with E-state index in [4.69, 9.17) is 11.6 Å². The van der Waals surface area contributed by atoms with E-state index in [0.717, 1.165) is 4.90 Å². The lowest BCUT2D eigenvalue weighted by molar-refractivity contribution is 0.600. The minimum Gasteiger partial charge on any atom is -0.206 e. The molecule has 0 saturated carbocycles. The highest BCUT2D eigenvalue weighted by Gasteiger charge is 2.09. The summed E-state index contributed by atoms with van der Waals surface area (Å²) in [4.78, 5) is 1.45. The summed E-state index contributed by atoms with van der Waals surface area (Å²) in [6.45, 7) is 0. The van der Waals surface area contributed by atoms with Crippen molar-refractivity contribution in [2.45, 2.75) is 9.79 Å². The van der Waals surface area contributed by atoms with Gasteiger partial charge in [-0.05, 0) is 24.6 Å². The first-order valence-electron chi connectivity index (χ1n) is 3.26. The number of hydrogen-bond acceptors (Lipinski definition) is 2. The van der Waals surface area contributed by atoms with Gasteiger partial charge in [0.2, 0.25) is 0 Å². The third-order valence-electron chi connectivity index (χ3n) is 1.44. The van der Waals surface area contributed by atoms with Crippen molar-refractivity contribution in [2.24, 2.45) is 0 Å². The van der Waals surface area contributed by atoms with Crippen molar-refractivity contribution >= 4 is 35.1 Å². The highest BCUT2D eigenvalue weighted by Crippen LogP contribution is 2.35. The number of halogens is 2. The van der Waals surface area contributed by atoms with Crippen LogP contribution in [-0.2, 0) is 0 Å². The smallest absolute Gasteiger partial charge is 0.138 e. The second-order valence-electron chi connectivity index (χ2n) is 2.10. The minimum atomic E-state index is -0.245. The minimum absolute atomic E-state index is 0.245. The summed E-state index contributed by atoms with van der Waals surface area (Å²) in [6, 6.07) is 3.14. The summed E-state index contributed by atoms with van der Waals surface area (Å²) in [6.07, 6.45) is 3.73. The Balaban J connectivity index is 3.24. The molecule has 0 aliphatic carbocycles. The van der Waals surface area contributed by atoms with Gasteiger partial charge >= 0.3 is 0 Å². The van der Waals surface area contributed by atoms with Gasteiger partial charge in [0.25, 0.3) is 0 Å². The molecular weight excluding hydrogens is 215 g/mol. The monoisotopic (exact) mass is 222 g/mol. The third-order valence-corrected chi connectivity index (χ3v) is 3.64. The Morgan fingerprint density at radius 2 is 1.92 bits per heavy atom. The molecule has 1 aromatic rings. The highest BCUT2D eigenvalue weighted by atomic mass is 35.5. The lowest BCUT2D eigenvalue weighted by Crippen LogP contribution is -1.83. The topological polar surface area (TPSA) is 0 Å². The molecular formula is C8H8ClFS2. The van der Waals surface area contributed by atoms with E-state index in [1.807, 2.05) is 12.5 Å². The predicted molar refractivity (Wildman–Crippen MR) is 55.0 cm³/mol. The van der Waals surface area contributed by atoms with Gasteiger partial charge in [0.1, 0.15) is 5.82 Å². The van der Waals surface area contributed by atoms with Crippen LogP contribution >= 0.6 is 35.1 Å². The molecule has 0 N–H and O–H groups in total. The van der Waals surface area contributed by atoms with Crippen LogP contribution in [0.2, 0.25) is 5.02 Å². The fourth-order valence-electron chi connectivity index (χ4n) is 0.859. The van der Waals surface area contributed by atoms with Gasteiger partial charge in [-0.1, -0.05) is 11.6 Å². The van der Waals surface area contributed by atoms with Crippen molar-refractivity contribution in [3.8, 4) is 0 Å². The Labute approximate surface area is 84.9 Å².